The molecule has 1 aliphatic carbocycles. The number of ether oxygens (including phenoxy) is 2. The van der Waals surface area contributed by atoms with Gasteiger partial charge in [0.1, 0.15) is 35.1 Å². The van der Waals surface area contributed by atoms with Crippen LogP contribution in [0, 0.1) is 11.7 Å². The number of carbonyl (C=O) groups is 5. The van der Waals surface area contributed by atoms with E-state index in [4.69, 9.17) is 9.47 Å². The predicted octanol–water partition coefficient (Wildman–Crippen LogP) is 4.81. The summed E-state index contributed by atoms with van der Waals surface area (Å²) in [5.41, 5.74) is -0.105. The van der Waals surface area contributed by atoms with Crippen molar-refractivity contribution in [2.75, 3.05) is 6.54 Å². The number of hydrogen-bond donors (Lipinski definition) is 3. The van der Waals surface area contributed by atoms with Crippen LogP contribution in [0.2, 0.25) is 0 Å². The maximum Gasteiger partial charge on any atom is 0.410 e. The first-order chi connectivity index (χ1) is 25.2. The van der Waals surface area contributed by atoms with Gasteiger partial charge in [0, 0.05) is 36.8 Å². The molecule has 4 aliphatic rings. The van der Waals surface area contributed by atoms with Crippen LogP contribution in [0.25, 0.3) is 0 Å². The zero-order valence-electron chi connectivity index (χ0n) is 30.7. The minimum absolute atomic E-state index is 0.0342. The van der Waals surface area contributed by atoms with Crippen molar-refractivity contribution in [3.63, 3.8) is 0 Å². The first-order valence-electron chi connectivity index (χ1n) is 18.5. The fourth-order valence-corrected chi connectivity index (χ4v) is 7.40. The molecular weight excluding hydrogens is 683 g/mol. The Bertz CT molecular complexity index is 1750. The molecule has 3 N–H and O–H groups in total. The van der Waals surface area contributed by atoms with Gasteiger partial charge in [0.2, 0.25) is 17.7 Å². The van der Waals surface area contributed by atoms with Gasteiger partial charge in [-0.2, -0.15) is 0 Å². The normalized spacial score (nSPS) is 27.1. The van der Waals surface area contributed by atoms with Gasteiger partial charge in [-0.25, -0.2) is 14.0 Å². The number of nitrogens with one attached hydrogen (secondary N) is 3. The Morgan fingerprint density at radius 2 is 1.85 bits per heavy atom. The lowest BCUT2D eigenvalue weighted by Gasteiger charge is -2.30. The summed E-state index contributed by atoms with van der Waals surface area (Å²) in [6.45, 7) is 7.10. The van der Waals surface area contributed by atoms with E-state index in [2.05, 4.69) is 20.9 Å². The van der Waals surface area contributed by atoms with Crippen LogP contribution < -0.4 is 16.0 Å². The fraction of sp³-hybridized carbons (Fsp3) is 0.538. The SMILES string of the molecule is CC(NC(=O)[C@@]12C[C@@H]1/C=C\CCCCC[C@H](NC(=O)OC(C)(C)C)C(=O)N1C[C@H](OC(=O)N3Cc4cccc(F)c4C3)C[C@H]1C(=O)N2)c1ccncc1. The molecule has 0 radical (unpaired) electrons. The number of carbonyl (C=O) groups excluding carboxylic acids is 5. The topological polar surface area (TPSA) is 159 Å². The van der Waals surface area contributed by atoms with Crippen LogP contribution in [0.1, 0.15) is 95.4 Å². The van der Waals surface area contributed by atoms with Crippen LogP contribution in [-0.2, 0) is 36.9 Å². The van der Waals surface area contributed by atoms with Crippen molar-refractivity contribution in [2.45, 2.75) is 121 Å². The smallest absolute Gasteiger partial charge is 0.410 e. The van der Waals surface area contributed by atoms with E-state index in [1.54, 1.807) is 45.3 Å². The lowest BCUT2D eigenvalue weighted by molar-refractivity contribution is -0.141. The number of benzene rings is 1. The first kappa shape index (κ1) is 37.7. The largest absolute Gasteiger partial charge is 0.444 e. The van der Waals surface area contributed by atoms with E-state index in [-0.39, 0.29) is 43.9 Å². The van der Waals surface area contributed by atoms with Crippen molar-refractivity contribution >= 4 is 29.9 Å². The second-order valence-electron chi connectivity index (χ2n) is 15.5. The molecule has 4 heterocycles. The molecule has 1 aromatic heterocycles. The molecule has 53 heavy (non-hydrogen) atoms. The average Bonchev–Trinajstić information content (AvgIpc) is 3.40. The van der Waals surface area contributed by atoms with Gasteiger partial charge >= 0.3 is 12.2 Å². The van der Waals surface area contributed by atoms with Crippen LogP contribution in [0.3, 0.4) is 0 Å². The second kappa shape index (κ2) is 15.5. The molecule has 0 spiro atoms. The Labute approximate surface area is 309 Å². The zero-order chi connectivity index (χ0) is 37.9. The minimum atomic E-state index is -1.25. The van der Waals surface area contributed by atoms with Gasteiger partial charge < -0.3 is 30.3 Å². The molecule has 2 fully saturated rings. The van der Waals surface area contributed by atoms with E-state index in [1.807, 2.05) is 31.2 Å². The molecule has 14 heteroatoms. The molecule has 1 saturated heterocycles. The molecule has 284 valence electrons. The molecule has 6 rings (SSSR count). The quantitative estimate of drug-likeness (QED) is 0.370. The Morgan fingerprint density at radius 1 is 1.08 bits per heavy atom. The molecule has 3 aliphatic heterocycles. The molecule has 0 bridgehead atoms. The summed E-state index contributed by atoms with van der Waals surface area (Å²) >= 11 is 0. The maximum absolute atomic E-state index is 14.4. The highest BCUT2D eigenvalue weighted by molar-refractivity contribution is 5.98. The van der Waals surface area contributed by atoms with Gasteiger partial charge in [-0.3, -0.25) is 24.3 Å². The van der Waals surface area contributed by atoms with E-state index >= 15 is 0 Å². The van der Waals surface area contributed by atoms with Crippen LogP contribution in [0.5, 0.6) is 0 Å². The van der Waals surface area contributed by atoms with E-state index in [0.717, 1.165) is 24.8 Å². The molecule has 13 nitrogen and oxygen atoms in total. The van der Waals surface area contributed by atoms with Gasteiger partial charge in [0.15, 0.2) is 0 Å². The zero-order valence-corrected chi connectivity index (χ0v) is 30.7. The number of nitrogens with zero attached hydrogens (tertiary/aromatic N) is 3. The molecular formula is C39H49FN6O7. The summed E-state index contributed by atoms with van der Waals surface area (Å²) < 4.78 is 25.8. The standard InChI is InChI=1S/C39H49FN6O7/c1-24(25-15-17-41-18-16-25)42-35(49)39-20-27(39)12-8-6-5-7-9-14-31(43-36(50)53-38(2,3)4)34(48)46-22-28(19-32(46)33(47)44-39)52-37(51)45-21-26-11-10-13-30(40)29(26)23-45/h8,10-13,15-18,24,27-28,31-32H,5-7,9,14,19-23H2,1-4H3,(H,42,49)(H,43,50)(H,44,47)/b12-8-/t24?,27-,28+,31-,32-,39+/m0/s1. The van der Waals surface area contributed by atoms with Crippen molar-refractivity contribution in [1.29, 1.82) is 0 Å². The van der Waals surface area contributed by atoms with Crippen molar-refractivity contribution in [2.24, 2.45) is 5.92 Å². The summed E-state index contributed by atoms with van der Waals surface area (Å²) in [5, 5.41) is 8.78. The van der Waals surface area contributed by atoms with Crippen LogP contribution in [-0.4, -0.2) is 80.6 Å². The highest BCUT2D eigenvalue weighted by atomic mass is 19.1. The number of pyridine rings is 1. The molecule has 1 saturated carbocycles. The van der Waals surface area contributed by atoms with Gasteiger partial charge in [-0.1, -0.05) is 37.1 Å². The third-order valence-electron chi connectivity index (χ3n) is 10.3. The Hall–Kier alpha value is -5.01. The Balaban J connectivity index is 1.25. The van der Waals surface area contributed by atoms with Crippen molar-refractivity contribution in [3.05, 3.63) is 77.4 Å². The molecule has 1 unspecified atom stereocenters. The summed E-state index contributed by atoms with van der Waals surface area (Å²) in [6.07, 6.45) is 8.57. The third-order valence-corrected chi connectivity index (χ3v) is 10.3. The van der Waals surface area contributed by atoms with Crippen molar-refractivity contribution < 1.29 is 37.8 Å². The van der Waals surface area contributed by atoms with E-state index in [9.17, 15) is 28.4 Å². The van der Waals surface area contributed by atoms with Crippen LogP contribution in [0.4, 0.5) is 14.0 Å². The third kappa shape index (κ3) is 8.80. The summed E-state index contributed by atoms with van der Waals surface area (Å²) in [7, 11) is 0. The summed E-state index contributed by atoms with van der Waals surface area (Å²) in [4.78, 5) is 75.8. The van der Waals surface area contributed by atoms with Gasteiger partial charge in [0.25, 0.3) is 0 Å². The fourth-order valence-electron chi connectivity index (χ4n) is 7.40. The van der Waals surface area contributed by atoms with Gasteiger partial charge in [0.05, 0.1) is 19.1 Å². The Morgan fingerprint density at radius 3 is 2.58 bits per heavy atom. The van der Waals surface area contributed by atoms with E-state index < -0.39 is 59.1 Å². The second-order valence-corrected chi connectivity index (χ2v) is 15.5. The van der Waals surface area contributed by atoms with Crippen molar-refractivity contribution in [1.82, 2.24) is 30.7 Å². The number of halogens is 1. The highest BCUT2D eigenvalue weighted by Gasteiger charge is 2.61. The number of hydrogen-bond acceptors (Lipinski definition) is 8. The summed E-state index contributed by atoms with van der Waals surface area (Å²) in [6, 6.07) is 5.81. The van der Waals surface area contributed by atoms with E-state index in [0.29, 0.717) is 30.4 Å². The van der Waals surface area contributed by atoms with Crippen LogP contribution >= 0.6 is 0 Å². The highest BCUT2D eigenvalue weighted by Crippen LogP contribution is 2.46. The molecule has 6 atom stereocenters. The molecule has 1 aromatic carbocycles. The summed E-state index contributed by atoms with van der Waals surface area (Å²) in [5.74, 6) is -2.11. The predicted molar refractivity (Wildman–Crippen MR) is 191 cm³/mol. The van der Waals surface area contributed by atoms with Crippen LogP contribution in [0.15, 0.2) is 54.9 Å². The molecule has 5 amide bonds. The number of alkyl carbamates (subject to hydrolysis) is 1. The number of amides is 5. The monoisotopic (exact) mass is 732 g/mol. The first-order valence-corrected chi connectivity index (χ1v) is 18.5. The number of aromatic nitrogens is 1. The molecule has 2 aromatic rings. The lowest BCUT2D eigenvalue weighted by Crippen LogP contribution is -2.58. The average molecular weight is 733 g/mol. The van der Waals surface area contributed by atoms with Gasteiger partial charge in [-0.05, 0) is 82.7 Å². The minimum Gasteiger partial charge on any atom is -0.444 e. The number of fused-ring (bicyclic) bond motifs is 3. The van der Waals surface area contributed by atoms with Gasteiger partial charge in [-0.15, -0.1) is 0 Å². The lowest BCUT2D eigenvalue weighted by atomic mass is 10.0. The van der Waals surface area contributed by atoms with Crippen molar-refractivity contribution in [3.8, 4) is 0 Å². The Kier molecular flexibility index (Phi) is 11.1. The maximum atomic E-state index is 14.4. The number of rotatable bonds is 5. The number of allylic oxidation sites excluding steroid dienone is 1. The van der Waals surface area contributed by atoms with E-state index in [1.165, 1.54) is 15.9 Å².